The Labute approximate surface area is 124 Å². The summed E-state index contributed by atoms with van der Waals surface area (Å²) in [6.07, 6.45) is -0.685. The van der Waals surface area contributed by atoms with Crippen molar-refractivity contribution in [2.24, 2.45) is 0 Å². The summed E-state index contributed by atoms with van der Waals surface area (Å²) in [4.78, 5) is 1.99. The summed E-state index contributed by atoms with van der Waals surface area (Å²) in [5.74, 6) is -0.0840. The fourth-order valence-electron chi connectivity index (χ4n) is 2.26. The molecule has 2 N–H and O–H groups in total. The molecule has 0 radical (unpaired) electrons. The van der Waals surface area contributed by atoms with Crippen molar-refractivity contribution in [3.05, 3.63) is 65.5 Å². The number of benzene rings is 2. The lowest BCUT2D eigenvalue weighted by atomic mass is 10.0. The van der Waals surface area contributed by atoms with Crippen molar-refractivity contribution < 1.29 is 14.6 Å². The molecule has 0 aromatic heterocycles. The minimum atomic E-state index is -0.685. The van der Waals surface area contributed by atoms with Crippen molar-refractivity contribution in [2.45, 2.75) is 19.1 Å². The molecule has 112 valence electrons. The van der Waals surface area contributed by atoms with Gasteiger partial charge in [-0.3, -0.25) is 4.90 Å². The van der Waals surface area contributed by atoms with Crippen LogP contribution in [0.25, 0.3) is 0 Å². The molecule has 21 heavy (non-hydrogen) atoms. The zero-order chi connectivity index (χ0) is 15.4. The van der Waals surface area contributed by atoms with E-state index in [1.165, 1.54) is 12.1 Å². The first-order valence-electron chi connectivity index (χ1n) is 6.90. The molecular weight excluding hydrogens is 269 g/mol. The summed E-state index contributed by atoms with van der Waals surface area (Å²) in [6.45, 7) is 2.43. The smallest absolute Gasteiger partial charge is 0.123 e. The fraction of sp³-hybridized carbons (Fsp3) is 0.294. The minimum Gasteiger partial charge on any atom is -0.508 e. The molecular formula is C17H20FNO2. The lowest BCUT2D eigenvalue weighted by Crippen LogP contribution is -2.27. The Bertz CT molecular complexity index is 586. The quantitative estimate of drug-likeness (QED) is 0.888. The van der Waals surface area contributed by atoms with Crippen LogP contribution in [0.4, 0.5) is 4.39 Å². The normalized spacial score (nSPS) is 14.1. The van der Waals surface area contributed by atoms with Crippen LogP contribution < -0.4 is 0 Å². The molecule has 0 heterocycles. The lowest BCUT2D eigenvalue weighted by molar-refractivity contribution is 0.108. The summed E-state index contributed by atoms with van der Waals surface area (Å²) in [6, 6.07) is 13.0. The lowest BCUT2D eigenvalue weighted by Gasteiger charge is -2.27. The zero-order valence-electron chi connectivity index (χ0n) is 12.2. The molecule has 0 aliphatic carbocycles. The van der Waals surface area contributed by atoms with E-state index in [2.05, 4.69) is 0 Å². The molecule has 2 unspecified atom stereocenters. The maximum Gasteiger partial charge on any atom is 0.123 e. The number of phenols is 1. The van der Waals surface area contributed by atoms with Crippen LogP contribution in [0.5, 0.6) is 5.75 Å². The van der Waals surface area contributed by atoms with E-state index in [0.29, 0.717) is 12.1 Å². The highest BCUT2D eigenvalue weighted by molar-refractivity contribution is 5.29. The first-order valence-corrected chi connectivity index (χ1v) is 6.90. The van der Waals surface area contributed by atoms with E-state index in [0.717, 1.165) is 5.56 Å². The van der Waals surface area contributed by atoms with Crippen LogP contribution in [-0.4, -0.2) is 28.7 Å². The molecule has 0 amide bonds. The van der Waals surface area contributed by atoms with Crippen LogP contribution in [0.3, 0.4) is 0 Å². The minimum absolute atomic E-state index is 0.0483. The summed E-state index contributed by atoms with van der Waals surface area (Å²) < 4.78 is 12.9. The van der Waals surface area contributed by atoms with Crippen molar-refractivity contribution >= 4 is 0 Å². The molecule has 2 rings (SSSR count). The van der Waals surface area contributed by atoms with Crippen LogP contribution in [0.1, 0.15) is 30.2 Å². The van der Waals surface area contributed by atoms with Gasteiger partial charge in [0.1, 0.15) is 11.6 Å². The van der Waals surface area contributed by atoms with E-state index >= 15 is 0 Å². The number of likely N-dealkylation sites (N-methyl/N-ethyl adjacent to an activating group) is 1. The summed E-state index contributed by atoms with van der Waals surface area (Å²) in [5.41, 5.74) is 1.66. The standard InChI is InChI=1S/C17H20FNO2/c1-12(14-4-3-5-16(20)10-14)19(2)11-17(21)13-6-8-15(18)9-7-13/h3-10,12,17,20-21H,11H2,1-2H3. The number of phenolic OH excluding ortho intramolecular Hbond substituents is 1. The Morgan fingerprint density at radius 3 is 2.38 bits per heavy atom. The molecule has 0 saturated heterocycles. The van der Waals surface area contributed by atoms with Gasteiger partial charge in [0.05, 0.1) is 6.10 Å². The Balaban J connectivity index is 2.03. The van der Waals surface area contributed by atoms with Gasteiger partial charge < -0.3 is 10.2 Å². The van der Waals surface area contributed by atoms with Crippen molar-refractivity contribution in [1.82, 2.24) is 4.90 Å². The predicted molar refractivity (Wildman–Crippen MR) is 80.5 cm³/mol. The third-order valence-corrected chi connectivity index (χ3v) is 3.73. The van der Waals surface area contributed by atoms with Gasteiger partial charge in [-0.25, -0.2) is 4.39 Å². The Kier molecular flexibility index (Phi) is 4.94. The molecule has 2 aromatic rings. The Morgan fingerprint density at radius 2 is 1.76 bits per heavy atom. The molecule has 0 saturated carbocycles. The predicted octanol–water partition coefficient (Wildman–Crippen LogP) is 3.26. The van der Waals surface area contributed by atoms with Gasteiger partial charge in [0, 0.05) is 12.6 Å². The van der Waals surface area contributed by atoms with Crippen molar-refractivity contribution in [1.29, 1.82) is 0 Å². The van der Waals surface area contributed by atoms with Crippen molar-refractivity contribution in [3.8, 4) is 5.75 Å². The number of hydrogen-bond donors (Lipinski definition) is 2. The number of aliphatic hydroxyl groups is 1. The number of rotatable bonds is 5. The van der Waals surface area contributed by atoms with Gasteiger partial charge in [-0.05, 0) is 49.4 Å². The first kappa shape index (κ1) is 15.5. The van der Waals surface area contributed by atoms with Gasteiger partial charge in [-0.15, -0.1) is 0 Å². The topological polar surface area (TPSA) is 43.7 Å². The average molecular weight is 289 g/mol. The number of aromatic hydroxyl groups is 1. The second-order valence-electron chi connectivity index (χ2n) is 5.28. The number of aliphatic hydroxyl groups excluding tert-OH is 1. The van der Waals surface area contributed by atoms with Crippen LogP contribution in [0.15, 0.2) is 48.5 Å². The number of hydrogen-bond acceptors (Lipinski definition) is 3. The van der Waals surface area contributed by atoms with Crippen molar-refractivity contribution in [2.75, 3.05) is 13.6 Å². The molecule has 3 nitrogen and oxygen atoms in total. The van der Waals surface area contributed by atoms with E-state index in [-0.39, 0.29) is 17.6 Å². The van der Waals surface area contributed by atoms with Gasteiger partial charge >= 0.3 is 0 Å². The van der Waals surface area contributed by atoms with Gasteiger partial charge in [0.25, 0.3) is 0 Å². The molecule has 4 heteroatoms. The van der Waals surface area contributed by atoms with Crippen LogP contribution in [-0.2, 0) is 0 Å². The van der Waals surface area contributed by atoms with Gasteiger partial charge in [-0.2, -0.15) is 0 Å². The highest BCUT2D eigenvalue weighted by Gasteiger charge is 2.17. The Morgan fingerprint density at radius 1 is 1.10 bits per heavy atom. The molecule has 0 fully saturated rings. The van der Waals surface area contributed by atoms with E-state index in [1.54, 1.807) is 30.3 Å². The SMILES string of the molecule is CC(c1cccc(O)c1)N(C)CC(O)c1ccc(F)cc1. The van der Waals surface area contributed by atoms with E-state index < -0.39 is 6.10 Å². The zero-order valence-corrected chi connectivity index (χ0v) is 12.2. The highest BCUT2D eigenvalue weighted by Crippen LogP contribution is 2.24. The molecule has 0 spiro atoms. The molecule has 0 bridgehead atoms. The molecule has 2 atom stereocenters. The first-order chi connectivity index (χ1) is 9.97. The number of nitrogens with zero attached hydrogens (tertiary/aromatic N) is 1. The highest BCUT2D eigenvalue weighted by atomic mass is 19.1. The van der Waals surface area contributed by atoms with E-state index in [4.69, 9.17) is 0 Å². The largest absolute Gasteiger partial charge is 0.508 e. The van der Waals surface area contributed by atoms with Gasteiger partial charge in [0.2, 0.25) is 0 Å². The summed E-state index contributed by atoms with van der Waals surface area (Å²) >= 11 is 0. The molecule has 0 aliphatic rings. The summed E-state index contributed by atoms with van der Waals surface area (Å²) in [7, 11) is 1.90. The maximum absolute atomic E-state index is 12.9. The third kappa shape index (κ3) is 4.03. The monoisotopic (exact) mass is 289 g/mol. The molecule has 0 aliphatic heterocycles. The van der Waals surface area contributed by atoms with Crippen LogP contribution >= 0.6 is 0 Å². The average Bonchev–Trinajstić information content (AvgIpc) is 2.47. The van der Waals surface area contributed by atoms with Crippen LogP contribution in [0, 0.1) is 5.82 Å². The maximum atomic E-state index is 12.9. The van der Waals surface area contributed by atoms with E-state index in [9.17, 15) is 14.6 Å². The van der Waals surface area contributed by atoms with E-state index in [1.807, 2.05) is 24.9 Å². The molecule has 2 aromatic carbocycles. The van der Waals surface area contributed by atoms with Crippen LogP contribution in [0.2, 0.25) is 0 Å². The fourth-order valence-corrected chi connectivity index (χ4v) is 2.26. The summed E-state index contributed by atoms with van der Waals surface area (Å²) in [5, 5.41) is 19.7. The Hall–Kier alpha value is -1.91. The van der Waals surface area contributed by atoms with Gasteiger partial charge in [0.15, 0.2) is 0 Å². The van der Waals surface area contributed by atoms with Crippen molar-refractivity contribution in [3.63, 3.8) is 0 Å². The third-order valence-electron chi connectivity index (χ3n) is 3.73. The van der Waals surface area contributed by atoms with Gasteiger partial charge in [-0.1, -0.05) is 24.3 Å². The second kappa shape index (κ2) is 6.70. The number of halogens is 1. The second-order valence-corrected chi connectivity index (χ2v) is 5.28.